The number of nitrogens with zero attached hydrogens (tertiary/aromatic N) is 4. The molecular formula is C30H34N4O5S. The molecule has 210 valence electrons. The third-order valence-electron chi connectivity index (χ3n) is 8.02. The summed E-state index contributed by atoms with van der Waals surface area (Å²) in [5.41, 5.74) is 7.00. The Morgan fingerprint density at radius 1 is 0.825 bits per heavy atom. The van der Waals surface area contributed by atoms with Gasteiger partial charge in [-0.05, 0) is 74.0 Å². The first-order chi connectivity index (χ1) is 19.3. The van der Waals surface area contributed by atoms with E-state index in [1.165, 1.54) is 9.99 Å². The SMILES string of the molecule is Cc1cc(/C=C2/C(=O)N(C)c3ccc(S(=O)(=O)N4CCOCC4)cc32)c(C)n1-c1ccc(N2CCOCC2)cc1. The van der Waals surface area contributed by atoms with Gasteiger partial charge in [0.2, 0.25) is 10.0 Å². The molecule has 0 radical (unpaired) electrons. The topological polar surface area (TPSA) is 84.3 Å². The molecule has 2 fully saturated rings. The second-order valence-electron chi connectivity index (χ2n) is 10.4. The molecule has 0 unspecified atom stereocenters. The molecule has 3 aromatic rings. The standard InChI is InChI=1S/C30H34N4O5S/c1-21-18-23(22(2)34(21)25-6-4-24(5-7-25)32-10-14-38-15-11-32)19-28-27-20-26(8-9-29(27)31(3)30(28)35)40(36,37)33-12-16-39-17-13-33/h4-9,18-20H,10-17H2,1-3H3/b28-19+. The van der Waals surface area contributed by atoms with Crippen LogP contribution < -0.4 is 9.80 Å². The van der Waals surface area contributed by atoms with Crippen LogP contribution >= 0.6 is 0 Å². The van der Waals surface area contributed by atoms with Gasteiger partial charge in [0.1, 0.15) is 0 Å². The lowest BCUT2D eigenvalue weighted by Crippen LogP contribution is -2.40. The zero-order valence-corrected chi connectivity index (χ0v) is 23.9. The third-order valence-corrected chi connectivity index (χ3v) is 9.91. The first-order valence-corrected chi connectivity index (χ1v) is 15.0. The quantitative estimate of drug-likeness (QED) is 0.443. The van der Waals surface area contributed by atoms with Crippen molar-refractivity contribution in [2.24, 2.45) is 0 Å². The molecule has 6 rings (SSSR count). The predicted octanol–water partition coefficient (Wildman–Crippen LogP) is 3.47. The van der Waals surface area contributed by atoms with Crippen LogP contribution in [0.1, 0.15) is 22.5 Å². The van der Waals surface area contributed by atoms with Crippen molar-refractivity contribution in [3.63, 3.8) is 0 Å². The van der Waals surface area contributed by atoms with Crippen molar-refractivity contribution in [2.75, 3.05) is 69.5 Å². The second-order valence-corrected chi connectivity index (χ2v) is 12.3. The molecule has 3 aliphatic heterocycles. The maximum atomic E-state index is 13.4. The minimum Gasteiger partial charge on any atom is -0.379 e. The van der Waals surface area contributed by atoms with E-state index in [1.807, 2.05) is 13.0 Å². The van der Waals surface area contributed by atoms with Gasteiger partial charge in [0, 0.05) is 67.1 Å². The average Bonchev–Trinajstić information content (AvgIpc) is 3.40. The molecule has 0 atom stereocenters. The Balaban J connectivity index is 1.34. The van der Waals surface area contributed by atoms with Gasteiger partial charge in [0.05, 0.1) is 37.0 Å². The minimum absolute atomic E-state index is 0.157. The summed E-state index contributed by atoms with van der Waals surface area (Å²) in [6, 6.07) is 15.5. The largest absolute Gasteiger partial charge is 0.379 e. The monoisotopic (exact) mass is 562 g/mol. The van der Waals surface area contributed by atoms with Gasteiger partial charge in [-0.1, -0.05) is 0 Å². The van der Waals surface area contributed by atoms with Crippen molar-refractivity contribution in [3.05, 3.63) is 71.0 Å². The van der Waals surface area contributed by atoms with Crippen LogP contribution in [0, 0.1) is 13.8 Å². The van der Waals surface area contributed by atoms with Crippen LogP contribution in [0.15, 0.2) is 53.4 Å². The first-order valence-electron chi connectivity index (χ1n) is 13.6. The average molecular weight is 563 g/mol. The Labute approximate surface area is 235 Å². The van der Waals surface area contributed by atoms with E-state index in [1.54, 1.807) is 30.1 Å². The first kappa shape index (κ1) is 26.8. The van der Waals surface area contributed by atoms with Crippen molar-refractivity contribution in [3.8, 4) is 5.69 Å². The second kappa shape index (κ2) is 10.5. The zero-order valence-electron chi connectivity index (χ0n) is 23.1. The lowest BCUT2D eigenvalue weighted by atomic mass is 10.0. The fourth-order valence-corrected chi connectivity index (χ4v) is 7.22. The number of carbonyl (C=O) groups is 1. The van der Waals surface area contributed by atoms with E-state index >= 15 is 0 Å². The van der Waals surface area contributed by atoms with Crippen molar-refractivity contribution in [2.45, 2.75) is 18.7 Å². The van der Waals surface area contributed by atoms with E-state index < -0.39 is 10.0 Å². The Morgan fingerprint density at radius 3 is 2.12 bits per heavy atom. The van der Waals surface area contributed by atoms with E-state index in [0.29, 0.717) is 43.1 Å². The predicted molar refractivity (Wildman–Crippen MR) is 156 cm³/mol. The van der Waals surface area contributed by atoms with Gasteiger partial charge in [-0.2, -0.15) is 4.31 Å². The number of amides is 1. The van der Waals surface area contributed by atoms with Crippen LogP contribution in [0.4, 0.5) is 11.4 Å². The van der Waals surface area contributed by atoms with Gasteiger partial charge in [-0.15, -0.1) is 0 Å². The third kappa shape index (κ3) is 4.64. The number of ether oxygens (including phenoxy) is 2. The number of carbonyl (C=O) groups excluding carboxylic acids is 1. The molecule has 2 saturated heterocycles. The fraction of sp³-hybridized carbons (Fsp3) is 0.367. The molecule has 9 nitrogen and oxygen atoms in total. The highest BCUT2D eigenvalue weighted by Gasteiger charge is 2.33. The molecule has 0 N–H and O–H groups in total. The number of rotatable bonds is 5. The van der Waals surface area contributed by atoms with Gasteiger partial charge in [-0.25, -0.2) is 8.42 Å². The normalized spacial score (nSPS) is 19.5. The Kier molecular flexibility index (Phi) is 7.03. The lowest BCUT2D eigenvalue weighted by Gasteiger charge is -2.29. The number of anilines is 2. The highest BCUT2D eigenvalue weighted by Crippen LogP contribution is 2.39. The molecule has 3 aliphatic rings. The molecule has 0 bridgehead atoms. The summed E-state index contributed by atoms with van der Waals surface area (Å²) in [7, 11) is -1.97. The molecule has 0 aliphatic carbocycles. The van der Waals surface area contributed by atoms with E-state index in [2.05, 4.69) is 46.7 Å². The molecule has 4 heterocycles. The molecule has 0 spiro atoms. The summed E-state index contributed by atoms with van der Waals surface area (Å²) in [5, 5.41) is 0. The van der Waals surface area contributed by atoms with Crippen LogP contribution in [0.2, 0.25) is 0 Å². The number of sulfonamides is 1. The van der Waals surface area contributed by atoms with Crippen molar-refractivity contribution >= 4 is 39.0 Å². The van der Waals surface area contributed by atoms with E-state index in [-0.39, 0.29) is 10.8 Å². The lowest BCUT2D eigenvalue weighted by molar-refractivity contribution is -0.112. The van der Waals surface area contributed by atoms with Gasteiger partial charge < -0.3 is 23.8 Å². The number of benzene rings is 2. The maximum Gasteiger partial charge on any atom is 0.258 e. The highest BCUT2D eigenvalue weighted by molar-refractivity contribution is 7.89. The maximum absolute atomic E-state index is 13.4. The molecule has 0 saturated carbocycles. The molecular weight excluding hydrogens is 528 g/mol. The highest BCUT2D eigenvalue weighted by atomic mass is 32.2. The fourth-order valence-electron chi connectivity index (χ4n) is 5.79. The van der Waals surface area contributed by atoms with Gasteiger partial charge in [0.25, 0.3) is 5.91 Å². The number of likely N-dealkylation sites (N-methyl/N-ethyl adjacent to an activating group) is 1. The van der Waals surface area contributed by atoms with Crippen LogP contribution in [0.25, 0.3) is 17.3 Å². The number of morpholine rings is 2. The van der Waals surface area contributed by atoms with E-state index in [0.717, 1.165) is 48.9 Å². The smallest absolute Gasteiger partial charge is 0.258 e. The molecule has 1 amide bonds. The Hall–Kier alpha value is -3.44. The summed E-state index contributed by atoms with van der Waals surface area (Å²) in [5.74, 6) is -0.157. The molecule has 40 heavy (non-hydrogen) atoms. The van der Waals surface area contributed by atoms with Crippen LogP contribution in [-0.4, -0.2) is 82.9 Å². The Bertz CT molecular complexity index is 1580. The zero-order chi connectivity index (χ0) is 28.0. The van der Waals surface area contributed by atoms with Gasteiger partial charge in [0.15, 0.2) is 0 Å². The summed E-state index contributed by atoms with van der Waals surface area (Å²) in [4.78, 5) is 17.4. The molecule has 2 aromatic carbocycles. The van der Waals surface area contributed by atoms with Crippen LogP contribution in [0.3, 0.4) is 0 Å². The van der Waals surface area contributed by atoms with Gasteiger partial charge in [-0.3, -0.25) is 4.79 Å². The van der Waals surface area contributed by atoms with Crippen molar-refractivity contribution in [1.29, 1.82) is 0 Å². The molecule has 1 aromatic heterocycles. The number of aryl methyl sites for hydroxylation is 1. The summed E-state index contributed by atoms with van der Waals surface area (Å²) >= 11 is 0. The van der Waals surface area contributed by atoms with Crippen LogP contribution in [0.5, 0.6) is 0 Å². The summed E-state index contributed by atoms with van der Waals surface area (Å²) in [6.45, 7) is 8.74. The summed E-state index contributed by atoms with van der Waals surface area (Å²) < 4.78 is 41.1. The van der Waals surface area contributed by atoms with Crippen molar-refractivity contribution < 1.29 is 22.7 Å². The summed E-state index contributed by atoms with van der Waals surface area (Å²) in [6.07, 6.45) is 1.89. The van der Waals surface area contributed by atoms with Crippen LogP contribution in [-0.2, 0) is 24.3 Å². The van der Waals surface area contributed by atoms with Crippen molar-refractivity contribution in [1.82, 2.24) is 8.87 Å². The number of hydrogen-bond donors (Lipinski definition) is 0. The number of hydrogen-bond acceptors (Lipinski definition) is 6. The minimum atomic E-state index is -3.69. The van der Waals surface area contributed by atoms with E-state index in [9.17, 15) is 13.2 Å². The Morgan fingerprint density at radius 2 is 1.45 bits per heavy atom. The molecule has 10 heteroatoms. The van der Waals surface area contributed by atoms with Gasteiger partial charge >= 0.3 is 0 Å². The van der Waals surface area contributed by atoms with E-state index in [4.69, 9.17) is 9.47 Å². The number of fused-ring (bicyclic) bond motifs is 1. The number of aromatic nitrogens is 1.